The molecule has 0 fully saturated rings. The Morgan fingerprint density at radius 1 is 0.283 bits per heavy atom. The first-order valence-electron chi connectivity index (χ1n) is 34.0. The Bertz CT molecular complexity index is 5500. The molecule has 0 atom stereocenters. The van der Waals surface area contributed by atoms with E-state index in [4.69, 9.17) is 19.9 Å². The van der Waals surface area contributed by atoms with Crippen molar-refractivity contribution in [2.24, 2.45) is 0 Å². The maximum Gasteiger partial charge on any atom is 3.00 e. The summed E-state index contributed by atoms with van der Waals surface area (Å²) >= 11 is 0. The normalized spacial score (nSPS) is 10.8. The van der Waals surface area contributed by atoms with Gasteiger partial charge in [0.1, 0.15) is 0 Å². The van der Waals surface area contributed by atoms with E-state index in [1.807, 2.05) is 189 Å². The number of benzene rings is 11. The molecule has 5 heterocycles. The SMILES string of the molecule is CN(C(=O)c1cc(C(=O)N(C)c2c[c-]c(-c3ccccn3)cc2)cc(-c2ccccc2-c2c[c-]c(-c3ncc(-c4ccccc4-c4cc(-c5ccccc5-c5ccc(-c6[c-]cccc6)nc5)cc(-c5ccccc5-c5ccc(-c6[c-]cccc6)nc5)c4)cn3)[c-]c2)c1)c1c[c-]c(-c2ccccn2)cc1.[Ir+3].[Ir+3]. The zero-order valence-electron chi connectivity index (χ0n) is 57.2. The van der Waals surface area contributed by atoms with Crippen molar-refractivity contribution < 1.29 is 49.8 Å². The molecule has 506 valence electrons. The summed E-state index contributed by atoms with van der Waals surface area (Å²) in [4.78, 5) is 61.6. The smallest absolute Gasteiger partial charge is 0.351 e. The zero-order chi connectivity index (χ0) is 70.3. The number of amides is 2. The fourth-order valence-electron chi connectivity index (χ4n) is 13.1. The molecule has 0 aliphatic heterocycles. The Morgan fingerprint density at radius 3 is 0.991 bits per heavy atom. The van der Waals surface area contributed by atoms with E-state index in [9.17, 15) is 9.59 Å². The monoisotopic (exact) mass is 1720 g/mol. The van der Waals surface area contributed by atoms with E-state index in [0.717, 1.165) is 128 Å². The van der Waals surface area contributed by atoms with E-state index in [1.165, 1.54) is 0 Å². The Labute approximate surface area is 643 Å². The van der Waals surface area contributed by atoms with Gasteiger partial charge in [-0.2, -0.15) is 5.56 Å². The van der Waals surface area contributed by atoms with E-state index in [2.05, 4.69) is 156 Å². The summed E-state index contributed by atoms with van der Waals surface area (Å²) in [6, 6.07) is 116. The molecule has 0 unspecified atom stereocenters. The number of pyridine rings is 4. The van der Waals surface area contributed by atoms with Crippen LogP contribution in [-0.4, -0.2) is 55.8 Å². The summed E-state index contributed by atoms with van der Waals surface area (Å²) in [5, 5.41) is 0. The molecule has 16 aromatic rings. The van der Waals surface area contributed by atoms with Crippen LogP contribution < -0.4 is 9.80 Å². The van der Waals surface area contributed by atoms with Crippen molar-refractivity contribution in [3.63, 3.8) is 0 Å². The molecule has 2 amide bonds. The Balaban J connectivity index is 0.00000472. The summed E-state index contributed by atoms with van der Waals surface area (Å²) < 4.78 is 0. The number of carbonyl (C=O) groups is 2. The quantitative estimate of drug-likeness (QED) is 0.0827. The Hall–Kier alpha value is -12.7. The van der Waals surface area contributed by atoms with Crippen LogP contribution >= 0.6 is 0 Å². The van der Waals surface area contributed by atoms with Crippen LogP contribution in [-0.2, 0) is 40.2 Å². The number of aromatic nitrogens is 6. The Morgan fingerprint density at radius 2 is 0.632 bits per heavy atom. The van der Waals surface area contributed by atoms with E-state index in [0.29, 0.717) is 39.5 Å². The number of hydrogen-bond donors (Lipinski definition) is 0. The van der Waals surface area contributed by atoms with Gasteiger partial charge in [0.05, 0.1) is 0 Å². The number of hydrogen-bond acceptors (Lipinski definition) is 8. The molecule has 0 bridgehead atoms. The molecule has 10 nitrogen and oxygen atoms in total. The summed E-state index contributed by atoms with van der Waals surface area (Å²) in [5.41, 5.74) is 24.3. The first kappa shape index (κ1) is 70.4. The van der Waals surface area contributed by atoms with Crippen LogP contribution in [0.3, 0.4) is 0 Å². The number of anilines is 2. The Kier molecular flexibility index (Phi) is 21.2. The van der Waals surface area contributed by atoms with Crippen molar-refractivity contribution in [1.29, 1.82) is 0 Å². The fraction of sp³-hybridized carbons (Fsp3) is 0.0213. The summed E-state index contributed by atoms with van der Waals surface area (Å²) in [6.07, 6.45) is 11.1. The van der Waals surface area contributed by atoms with Crippen molar-refractivity contribution in [3.8, 4) is 145 Å². The minimum absolute atomic E-state index is 0. The molecule has 0 saturated heterocycles. The average Bonchev–Trinajstić information content (AvgIpc) is 0.781. The summed E-state index contributed by atoms with van der Waals surface area (Å²) in [6.45, 7) is 0. The predicted molar refractivity (Wildman–Crippen MR) is 415 cm³/mol. The van der Waals surface area contributed by atoms with Gasteiger partial charge in [-0.25, -0.2) is 17.7 Å². The molecule has 16 rings (SSSR count). The largest absolute Gasteiger partial charge is 3.00 e. The first-order chi connectivity index (χ1) is 51.2. The molecule has 11 aromatic carbocycles. The van der Waals surface area contributed by atoms with Gasteiger partial charge in [0, 0.05) is 68.0 Å². The molecule has 0 aliphatic carbocycles. The van der Waals surface area contributed by atoms with Crippen molar-refractivity contribution in [2.75, 3.05) is 23.9 Å². The van der Waals surface area contributed by atoms with Crippen LogP contribution in [0.15, 0.2) is 328 Å². The molecular formula is C94H60Ir2N8O2. The first-order valence-corrected chi connectivity index (χ1v) is 34.0. The second-order valence-electron chi connectivity index (χ2n) is 25.0. The van der Waals surface area contributed by atoms with Gasteiger partial charge in [0.25, 0.3) is 0 Å². The third kappa shape index (κ3) is 14.9. The van der Waals surface area contributed by atoms with Crippen molar-refractivity contribution in [2.45, 2.75) is 0 Å². The molecule has 0 spiro atoms. The minimum atomic E-state index is -0.315. The summed E-state index contributed by atoms with van der Waals surface area (Å²) in [5.74, 6) is -0.179. The van der Waals surface area contributed by atoms with E-state index >= 15 is 0 Å². The maximum atomic E-state index is 14.8. The van der Waals surface area contributed by atoms with Crippen molar-refractivity contribution in [3.05, 3.63) is 376 Å². The van der Waals surface area contributed by atoms with Crippen molar-refractivity contribution >= 4 is 23.2 Å². The van der Waals surface area contributed by atoms with Gasteiger partial charge in [0.15, 0.2) is 0 Å². The van der Waals surface area contributed by atoms with Crippen LogP contribution in [0.25, 0.3) is 145 Å². The van der Waals surface area contributed by atoms with Gasteiger partial charge < -0.3 is 39.7 Å². The molecule has 106 heavy (non-hydrogen) atoms. The van der Waals surface area contributed by atoms with Gasteiger partial charge in [0.2, 0.25) is 11.8 Å². The predicted octanol–water partition coefficient (Wildman–Crippen LogP) is 21.1. The molecular weight excluding hydrogens is 1660 g/mol. The molecule has 5 aromatic heterocycles. The minimum Gasteiger partial charge on any atom is -0.351 e. The van der Waals surface area contributed by atoms with Gasteiger partial charge >= 0.3 is 40.2 Å². The van der Waals surface area contributed by atoms with Crippen molar-refractivity contribution in [1.82, 2.24) is 29.9 Å². The third-order valence-electron chi connectivity index (χ3n) is 18.5. The van der Waals surface area contributed by atoms with E-state index in [1.54, 1.807) is 54.5 Å². The van der Waals surface area contributed by atoms with Crippen LogP contribution in [0.2, 0.25) is 0 Å². The average molecular weight is 1720 g/mol. The van der Waals surface area contributed by atoms with Crippen LogP contribution in [0, 0.1) is 36.4 Å². The van der Waals surface area contributed by atoms with Gasteiger partial charge in [-0.3, -0.25) is 21.7 Å². The van der Waals surface area contributed by atoms with Crippen LogP contribution in [0.4, 0.5) is 11.4 Å². The maximum absolute atomic E-state index is 14.8. The third-order valence-corrected chi connectivity index (χ3v) is 18.5. The number of carbonyl (C=O) groups excluding carboxylic acids is 2. The molecule has 0 radical (unpaired) electrons. The molecule has 0 N–H and O–H groups in total. The molecule has 0 saturated carbocycles. The summed E-state index contributed by atoms with van der Waals surface area (Å²) in [7, 11) is 3.44. The molecule has 12 heteroatoms. The van der Waals surface area contributed by atoms with Gasteiger partial charge in [-0.05, 0) is 161 Å². The number of nitrogens with zero attached hydrogens (tertiary/aromatic N) is 8. The van der Waals surface area contributed by atoms with Gasteiger partial charge in [-0.1, -0.05) is 151 Å². The van der Waals surface area contributed by atoms with Gasteiger partial charge in [-0.15, -0.1) is 131 Å². The second kappa shape index (κ2) is 31.9. The topological polar surface area (TPSA) is 118 Å². The standard InChI is InChI=1S/C94H60N8O2.2Ir/c1-101(78-45-39-66(40-46-78)88-33-17-19-51-95-88)93(103)75-56-74(57-76(58-75)94(104)102(2)79-47-41-67(42-48-79)89-34-18-20-52-96-89)83-28-12-9-25-80(83)63-35-37-68(38-36-63)92-99-61-77(62-100-92)87-32-16-15-31-86(87)73-54-71(84-29-13-10-26-81(84)69-43-49-90(97-59-69)64-21-5-3-6-22-64)53-72(55-73)85-30-14-11-27-82(85)70-44-50-91(98-60-70)65-23-7-4-8-24-65;;/h3-21,23,25-36,39,41,43-62H,1-2H3;;/q-6;2*+3. The molecule has 0 aliphatic rings. The second-order valence-corrected chi connectivity index (χ2v) is 25.0. The van der Waals surface area contributed by atoms with E-state index in [-0.39, 0.29) is 52.0 Å². The fourth-order valence-corrected chi connectivity index (χ4v) is 13.1. The zero-order valence-corrected chi connectivity index (χ0v) is 62.0. The van der Waals surface area contributed by atoms with Crippen LogP contribution in [0.1, 0.15) is 20.7 Å². The van der Waals surface area contributed by atoms with Crippen LogP contribution in [0.5, 0.6) is 0 Å². The van der Waals surface area contributed by atoms with E-state index < -0.39 is 0 Å². The number of rotatable bonds is 17.